The van der Waals surface area contributed by atoms with Crippen molar-refractivity contribution in [1.29, 1.82) is 0 Å². The fourth-order valence-electron chi connectivity index (χ4n) is 3.14. The second-order valence-electron chi connectivity index (χ2n) is 6.15. The molecule has 0 aromatic carbocycles. The molecule has 8 nitrogen and oxygen atoms in total. The Bertz CT molecular complexity index is 745. The van der Waals surface area contributed by atoms with Crippen LogP contribution in [0.25, 0.3) is 0 Å². The van der Waals surface area contributed by atoms with Crippen LogP contribution in [0.3, 0.4) is 0 Å². The van der Waals surface area contributed by atoms with E-state index in [4.69, 9.17) is 5.11 Å². The van der Waals surface area contributed by atoms with E-state index in [1.807, 2.05) is 0 Å². The maximum atomic E-state index is 12.8. The molecule has 0 spiro atoms. The second kappa shape index (κ2) is 6.39. The number of hydrogen-bond donors (Lipinski definition) is 1. The largest absolute Gasteiger partial charge is 0.481 e. The first kappa shape index (κ1) is 16.7. The molecule has 3 rings (SSSR count). The summed E-state index contributed by atoms with van der Waals surface area (Å²) >= 11 is 0. The third-order valence-corrected chi connectivity index (χ3v) is 5.60. The average Bonchev–Trinajstić information content (AvgIpc) is 2.53. The SMILES string of the molecule is O=C(O)CC1CCN(C(=O)C2=CC=CN3CCS(=O)(=O)N=C23)CC1. The van der Waals surface area contributed by atoms with Crippen LogP contribution in [0, 0.1) is 5.92 Å². The summed E-state index contributed by atoms with van der Waals surface area (Å²) in [5.41, 5.74) is 0.275. The Morgan fingerprint density at radius 1 is 1.25 bits per heavy atom. The number of carboxylic acids is 1. The minimum atomic E-state index is -3.54. The zero-order valence-electron chi connectivity index (χ0n) is 13.1. The first-order valence-corrected chi connectivity index (χ1v) is 9.46. The van der Waals surface area contributed by atoms with Gasteiger partial charge in [-0.1, -0.05) is 0 Å². The van der Waals surface area contributed by atoms with E-state index in [1.165, 1.54) is 0 Å². The van der Waals surface area contributed by atoms with Gasteiger partial charge in [-0.25, -0.2) is 8.42 Å². The van der Waals surface area contributed by atoms with Crippen LogP contribution in [0.1, 0.15) is 19.3 Å². The van der Waals surface area contributed by atoms with Crippen LogP contribution in [0.2, 0.25) is 0 Å². The van der Waals surface area contributed by atoms with Gasteiger partial charge in [0.2, 0.25) is 0 Å². The molecule has 1 amide bonds. The van der Waals surface area contributed by atoms with Gasteiger partial charge >= 0.3 is 5.97 Å². The van der Waals surface area contributed by atoms with E-state index in [0.717, 1.165) is 0 Å². The number of hydrogen-bond acceptors (Lipinski definition) is 5. The topological polar surface area (TPSA) is 107 Å². The van der Waals surface area contributed by atoms with Crippen LogP contribution in [0.4, 0.5) is 0 Å². The number of amidine groups is 1. The summed E-state index contributed by atoms with van der Waals surface area (Å²) < 4.78 is 27.3. The Morgan fingerprint density at radius 3 is 2.62 bits per heavy atom. The van der Waals surface area contributed by atoms with Crippen LogP contribution in [0.15, 0.2) is 28.3 Å². The number of piperidine rings is 1. The Morgan fingerprint density at radius 2 is 1.96 bits per heavy atom. The van der Waals surface area contributed by atoms with Crippen LogP contribution in [0.5, 0.6) is 0 Å². The van der Waals surface area contributed by atoms with Crippen molar-refractivity contribution in [2.45, 2.75) is 19.3 Å². The van der Waals surface area contributed by atoms with E-state index in [9.17, 15) is 18.0 Å². The molecule has 0 aromatic rings. The van der Waals surface area contributed by atoms with Crippen molar-refractivity contribution in [2.24, 2.45) is 10.3 Å². The summed E-state index contributed by atoms with van der Waals surface area (Å²) in [4.78, 5) is 26.8. The van der Waals surface area contributed by atoms with Gasteiger partial charge in [0.1, 0.15) is 0 Å². The lowest BCUT2D eigenvalue weighted by molar-refractivity contribution is -0.138. The molecule has 1 saturated heterocycles. The van der Waals surface area contributed by atoms with Crippen LogP contribution < -0.4 is 0 Å². The van der Waals surface area contributed by atoms with Gasteiger partial charge in [-0.15, -0.1) is 4.40 Å². The number of carbonyl (C=O) groups is 2. The molecule has 3 heterocycles. The Hall–Kier alpha value is -2.16. The third kappa shape index (κ3) is 3.50. The highest BCUT2D eigenvalue weighted by atomic mass is 32.2. The molecule has 9 heteroatoms. The van der Waals surface area contributed by atoms with E-state index in [1.54, 1.807) is 28.2 Å². The van der Waals surface area contributed by atoms with E-state index in [2.05, 4.69) is 4.40 Å². The van der Waals surface area contributed by atoms with Gasteiger partial charge in [-0.05, 0) is 30.9 Å². The highest BCUT2D eigenvalue weighted by Gasteiger charge is 2.33. The van der Waals surface area contributed by atoms with Crippen LogP contribution in [-0.4, -0.2) is 66.4 Å². The van der Waals surface area contributed by atoms with E-state index in [0.29, 0.717) is 25.9 Å². The lowest BCUT2D eigenvalue weighted by Crippen LogP contribution is -2.45. The monoisotopic (exact) mass is 353 g/mol. The van der Waals surface area contributed by atoms with Gasteiger partial charge in [-0.3, -0.25) is 9.59 Å². The molecule has 0 atom stereocenters. The fraction of sp³-hybridized carbons (Fsp3) is 0.533. The standard InChI is InChI=1S/C15H19N3O5S/c19-13(20)10-11-3-6-18(7-4-11)15(21)12-2-1-5-17-8-9-24(22,23)16-14(12)17/h1-2,5,11H,3-4,6-10H2,(H,19,20). The molecule has 0 unspecified atom stereocenters. The lowest BCUT2D eigenvalue weighted by Gasteiger charge is -2.34. The molecule has 130 valence electrons. The lowest BCUT2D eigenvalue weighted by atomic mass is 9.93. The molecule has 0 saturated carbocycles. The van der Waals surface area contributed by atoms with Crippen molar-refractivity contribution < 1.29 is 23.1 Å². The third-order valence-electron chi connectivity index (χ3n) is 4.45. The molecular weight excluding hydrogens is 334 g/mol. The molecule has 3 aliphatic rings. The molecular formula is C15H19N3O5S. The van der Waals surface area contributed by atoms with Crippen molar-refractivity contribution in [2.75, 3.05) is 25.4 Å². The maximum Gasteiger partial charge on any atom is 0.303 e. The highest BCUT2D eigenvalue weighted by Crippen LogP contribution is 2.24. The number of carbonyl (C=O) groups excluding carboxylic acids is 1. The molecule has 1 fully saturated rings. The average molecular weight is 353 g/mol. The number of aliphatic carboxylic acids is 1. The summed E-state index contributed by atoms with van der Waals surface area (Å²) in [5.74, 6) is -0.883. The van der Waals surface area contributed by atoms with Crippen molar-refractivity contribution in [3.63, 3.8) is 0 Å². The second-order valence-corrected chi connectivity index (χ2v) is 7.90. The summed E-state index contributed by atoms with van der Waals surface area (Å²) in [7, 11) is -3.54. The van der Waals surface area contributed by atoms with Gasteiger partial charge < -0.3 is 14.9 Å². The molecule has 0 bridgehead atoms. The summed E-state index contributed by atoms with van der Waals surface area (Å²) in [6, 6.07) is 0. The summed E-state index contributed by atoms with van der Waals surface area (Å²) in [6.07, 6.45) is 6.39. The minimum absolute atomic E-state index is 0.0666. The zero-order chi connectivity index (χ0) is 17.3. The van der Waals surface area contributed by atoms with Gasteiger partial charge in [-0.2, -0.15) is 0 Å². The van der Waals surface area contributed by atoms with Crippen molar-refractivity contribution in [3.8, 4) is 0 Å². The van der Waals surface area contributed by atoms with Crippen LogP contribution in [-0.2, 0) is 19.6 Å². The minimum Gasteiger partial charge on any atom is -0.481 e. The number of fused-ring (bicyclic) bond motifs is 1. The molecule has 0 aromatic heterocycles. The summed E-state index contributed by atoms with van der Waals surface area (Å²) in [5, 5.41) is 8.85. The molecule has 3 aliphatic heterocycles. The maximum absolute atomic E-state index is 12.8. The van der Waals surface area contributed by atoms with Crippen LogP contribution >= 0.6 is 0 Å². The van der Waals surface area contributed by atoms with E-state index >= 15 is 0 Å². The van der Waals surface area contributed by atoms with E-state index < -0.39 is 16.0 Å². The number of nitrogens with zero attached hydrogens (tertiary/aromatic N) is 3. The number of amides is 1. The van der Waals surface area contributed by atoms with Gasteiger partial charge in [0.15, 0.2) is 5.84 Å². The molecule has 24 heavy (non-hydrogen) atoms. The first-order valence-electron chi connectivity index (χ1n) is 7.85. The quantitative estimate of drug-likeness (QED) is 0.776. The van der Waals surface area contributed by atoms with Gasteiger partial charge in [0, 0.05) is 32.3 Å². The highest BCUT2D eigenvalue weighted by molar-refractivity contribution is 7.90. The number of rotatable bonds is 3. The Kier molecular flexibility index (Phi) is 4.44. The normalized spacial score (nSPS) is 23.3. The Labute approximate surface area is 140 Å². The Balaban J connectivity index is 1.73. The molecule has 1 N–H and O–H groups in total. The van der Waals surface area contributed by atoms with Gasteiger partial charge in [0.05, 0.1) is 11.3 Å². The fourth-order valence-corrected chi connectivity index (χ4v) is 4.13. The summed E-state index contributed by atoms with van der Waals surface area (Å²) in [6.45, 7) is 1.22. The van der Waals surface area contributed by atoms with Crippen molar-refractivity contribution in [3.05, 3.63) is 23.9 Å². The predicted octanol–water partition coefficient (Wildman–Crippen LogP) is 0.197. The van der Waals surface area contributed by atoms with E-state index in [-0.39, 0.29) is 42.0 Å². The number of allylic oxidation sites excluding steroid dienone is 2. The first-order chi connectivity index (χ1) is 11.4. The number of sulfonamides is 1. The predicted molar refractivity (Wildman–Crippen MR) is 86.7 cm³/mol. The molecule has 0 aliphatic carbocycles. The smallest absolute Gasteiger partial charge is 0.303 e. The number of carboxylic acid groups (broad SMARTS) is 1. The van der Waals surface area contributed by atoms with Gasteiger partial charge in [0.25, 0.3) is 15.9 Å². The van der Waals surface area contributed by atoms with Crippen molar-refractivity contribution in [1.82, 2.24) is 9.80 Å². The molecule has 0 radical (unpaired) electrons. The number of likely N-dealkylation sites (tertiary alicyclic amines) is 1. The van der Waals surface area contributed by atoms with Crippen molar-refractivity contribution >= 4 is 27.7 Å². The zero-order valence-corrected chi connectivity index (χ0v) is 13.9.